The highest BCUT2D eigenvalue weighted by Crippen LogP contribution is 2.39. The van der Waals surface area contributed by atoms with E-state index in [1.54, 1.807) is 24.3 Å². The zero-order valence-electron chi connectivity index (χ0n) is 25.9. The predicted molar refractivity (Wildman–Crippen MR) is 172 cm³/mol. The van der Waals surface area contributed by atoms with Crippen LogP contribution in [0.2, 0.25) is 0 Å². The third kappa shape index (κ3) is 11.4. The lowest BCUT2D eigenvalue weighted by atomic mass is 9.91. The molecule has 0 fully saturated rings. The summed E-state index contributed by atoms with van der Waals surface area (Å²) in [6, 6.07) is 20.3. The highest BCUT2D eigenvalue weighted by atomic mass is 32.2. The first-order valence-corrected chi connectivity index (χ1v) is 14.6. The van der Waals surface area contributed by atoms with Gasteiger partial charge >= 0.3 is 11.9 Å². The molecule has 3 nitrogen and oxygen atoms in total. The molecule has 10 heteroatoms. The molecule has 0 spiro atoms. The molecule has 4 aromatic rings. The molecule has 0 radical (unpaired) electrons. The van der Waals surface area contributed by atoms with Gasteiger partial charge in [0.25, 0.3) is 0 Å². The molecular weight excluding hydrogens is 610 g/mol. The van der Waals surface area contributed by atoms with Crippen LogP contribution in [0, 0.1) is 13.8 Å². The zero-order valence-corrected chi connectivity index (χ0v) is 26.7. The zero-order chi connectivity index (χ0) is 33.1. The fraction of sp³-hybridized carbons (Fsp3) is 0.371. The molecule has 0 amide bonds. The summed E-state index contributed by atoms with van der Waals surface area (Å²) >= 11 is -0.0998. The van der Waals surface area contributed by atoms with Crippen molar-refractivity contribution in [2.24, 2.45) is 0 Å². The fourth-order valence-electron chi connectivity index (χ4n) is 4.15. The van der Waals surface area contributed by atoms with Gasteiger partial charge in [0.1, 0.15) is 5.75 Å². The number of alkyl halides is 6. The average Bonchev–Trinajstić information content (AvgIpc) is 2.89. The molecule has 0 saturated heterocycles. The molecule has 4 rings (SSSR count). The Morgan fingerprint density at radius 3 is 1.47 bits per heavy atom. The first kappa shape index (κ1) is 37.7. The van der Waals surface area contributed by atoms with Crippen molar-refractivity contribution in [3.8, 4) is 28.3 Å². The standard InChI is InChI=1S/C17H18F3NO.C17H18F3NS.CH4/c2*1-11-8-9-12(22-17(18,19)20)10-13(11)14-6-5-7-15(21-14)16(2,3)4;/h2*5-10H,1-4H3;1H4. The van der Waals surface area contributed by atoms with Crippen LogP contribution in [0.5, 0.6) is 5.75 Å². The molecule has 45 heavy (non-hydrogen) atoms. The quantitative estimate of drug-likeness (QED) is 0.163. The van der Waals surface area contributed by atoms with Crippen molar-refractivity contribution in [2.75, 3.05) is 0 Å². The third-order valence-corrected chi connectivity index (χ3v) is 7.19. The van der Waals surface area contributed by atoms with Crippen LogP contribution in [0.4, 0.5) is 26.3 Å². The molecule has 2 aromatic heterocycles. The van der Waals surface area contributed by atoms with E-state index in [0.717, 1.165) is 28.1 Å². The fourth-order valence-corrected chi connectivity index (χ4v) is 4.73. The van der Waals surface area contributed by atoms with Crippen LogP contribution in [0.25, 0.3) is 22.5 Å². The second-order valence-electron chi connectivity index (χ2n) is 12.4. The lowest BCUT2D eigenvalue weighted by Crippen LogP contribution is -2.17. The first-order chi connectivity index (χ1) is 20.1. The van der Waals surface area contributed by atoms with Gasteiger partial charge in [-0.3, -0.25) is 9.97 Å². The molecule has 0 atom stereocenters. The van der Waals surface area contributed by atoms with Gasteiger partial charge in [0.15, 0.2) is 0 Å². The number of rotatable bonds is 4. The molecular formula is C35H40F6N2OS. The maximum absolute atomic E-state index is 12.5. The minimum atomic E-state index is -4.70. The number of ether oxygens (including phenoxy) is 1. The Hall–Kier alpha value is -3.53. The lowest BCUT2D eigenvalue weighted by molar-refractivity contribution is -0.274. The van der Waals surface area contributed by atoms with Gasteiger partial charge < -0.3 is 4.74 Å². The summed E-state index contributed by atoms with van der Waals surface area (Å²) in [6.45, 7) is 16.0. The van der Waals surface area contributed by atoms with Gasteiger partial charge in [-0.2, -0.15) is 13.2 Å². The van der Waals surface area contributed by atoms with Crippen LogP contribution >= 0.6 is 11.8 Å². The first-order valence-electron chi connectivity index (χ1n) is 13.8. The topological polar surface area (TPSA) is 35.0 Å². The van der Waals surface area contributed by atoms with Crippen molar-refractivity contribution in [3.63, 3.8) is 0 Å². The third-order valence-electron chi connectivity index (χ3n) is 6.47. The van der Waals surface area contributed by atoms with Crippen LogP contribution in [-0.2, 0) is 10.8 Å². The Morgan fingerprint density at radius 2 is 1.04 bits per heavy atom. The summed E-state index contributed by atoms with van der Waals surface area (Å²) < 4.78 is 78.7. The molecule has 0 aliphatic heterocycles. The normalized spacial score (nSPS) is 12.1. The number of halogens is 6. The Morgan fingerprint density at radius 1 is 0.600 bits per heavy atom. The van der Waals surface area contributed by atoms with E-state index in [1.807, 2.05) is 65.0 Å². The maximum Gasteiger partial charge on any atom is 0.573 e. The Labute approximate surface area is 266 Å². The van der Waals surface area contributed by atoms with E-state index < -0.39 is 11.9 Å². The highest BCUT2D eigenvalue weighted by molar-refractivity contribution is 8.00. The van der Waals surface area contributed by atoms with Crippen molar-refractivity contribution >= 4 is 11.8 Å². The molecule has 0 saturated carbocycles. The van der Waals surface area contributed by atoms with Gasteiger partial charge in [-0.05, 0) is 85.3 Å². The smallest absolute Gasteiger partial charge is 0.406 e. The van der Waals surface area contributed by atoms with E-state index >= 15 is 0 Å². The number of aromatic nitrogens is 2. The van der Waals surface area contributed by atoms with Gasteiger partial charge in [0.05, 0.1) is 11.4 Å². The van der Waals surface area contributed by atoms with Gasteiger partial charge in [-0.15, -0.1) is 13.2 Å². The van der Waals surface area contributed by atoms with Crippen LogP contribution < -0.4 is 4.74 Å². The van der Waals surface area contributed by atoms with Crippen LogP contribution in [0.1, 0.15) is 71.5 Å². The molecule has 0 aliphatic rings. The van der Waals surface area contributed by atoms with Crippen molar-refractivity contribution in [3.05, 3.63) is 95.3 Å². The molecule has 2 aromatic carbocycles. The van der Waals surface area contributed by atoms with Gasteiger partial charge in [0.2, 0.25) is 0 Å². The Kier molecular flexibility index (Phi) is 11.9. The van der Waals surface area contributed by atoms with Crippen molar-refractivity contribution in [2.45, 2.75) is 90.4 Å². The van der Waals surface area contributed by atoms with Crippen LogP contribution in [0.3, 0.4) is 0 Å². The molecule has 0 unspecified atom stereocenters. The Bertz CT molecular complexity index is 1470. The number of pyridine rings is 2. The summed E-state index contributed by atoms with van der Waals surface area (Å²) in [5.74, 6) is -0.240. The number of aryl methyl sites for hydroxylation is 2. The SMILES string of the molecule is C.Cc1ccc(OC(F)(F)F)cc1-c1cccc(C(C)(C)C)n1.Cc1ccc(SC(F)(F)F)cc1-c1cccc(C(C)(C)C)n1. The van der Waals surface area contributed by atoms with E-state index in [1.165, 1.54) is 18.2 Å². The highest BCUT2D eigenvalue weighted by Gasteiger charge is 2.31. The van der Waals surface area contributed by atoms with Gasteiger partial charge in [-0.25, -0.2) is 0 Å². The largest absolute Gasteiger partial charge is 0.573 e. The monoisotopic (exact) mass is 650 g/mol. The molecule has 0 aliphatic carbocycles. The molecule has 2 heterocycles. The molecule has 0 bridgehead atoms. The summed E-state index contributed by atoms with van der Waals surface area (Å²) in [4.78, 5) is 9.37. The van der Waals surface area contributed by atoms with Crippen molar-refractivity contribution in [1.29, 1.82) is 0 Å². The maximum atomic E-state index is 12.5. The summed E-state index contributed by atoms with van der Waals surface area (Å²) in [6.07, 6.45) is -4.70. The van der Waals surface area contributed by atoms with Gasteiger partial charge in [-0.1, -0.05) is 73.2 Å². The summed E-state index contributed by atoms with van der Waals surface area (Å²) in [5, 5.41) is 0. The van der Waals surface area contributed by atoms with Crippen molar-refractivity contribution in [1.82, 2.24) is 9.97 Å². The number of benzene rings is 2. The van der Waals surface area contributed by atoms with Gasteiger partial charge in [0, 0.05) is 38.2 Å². The van der Waals surface area contributed by atoms with Crippen molar-refractivity contribution < 1.29 is 31.1 Å². The second-order valence-corrected chi connectivity index (χ2v) is 13.5. The minimum absolute atomic E-state index is 0. The predicted octanol–water partition coefficient (Wildman–Crippen LogP) is 11.9. The molecule has 244 valence electrons. The number of thioether (sulfide) groups is 1. The number of nitrogens with zero attached hydrogens (tertiary/aromatic N) is 2. The number of hydrogen-bond acceptors (Lipinski definition) is 4. The Balaban J connectivity index is 0.000000307. The van der Waals surface area contributed by atoms with Crippen LogP contribution in [0.15, 0.2) is 77.7 Å². The molecule has 0 N–H and O–H groups in total. The summed E-state index contributed by atoms with van der Waals surface area (Å²) in [7, 11) is 0. The lowest BCUT2D eigenvalue weighted by Gasteiger charge is -2.19. The van der Waals surface area contributed by atoms with E-state index in [-0.39, 0.29) is 40.7 Å². The number of hydrogen-bond donors (Lipinski definition) is 0. The average molecular weight is 651 g/mol. The van der Waals surface area contributed by atoms with E-state index in [4.69, 9.17) is 0 Å². The minimum Gasteiger partial charge on any atom is -0.406 e. The van der Waals surface area contributed by atoms with E-state index in [9.17, 15) is 26.3 Å². The van der Waals surface area contributed by atoms with E-state index in [2.05, 4.69) is 35.5 Å². The second kappa shape index (κ2) is 14.3. The van der Waals surface area contributed by atoms with E-state index in [0.29, 0.717) is 17.0 Å². The summed E-state index contributed by atoms with van der Waals surface area (Å²) in [5.41, 5.74) is 1.72. The van der Waals surface area contributed by atoms with Crippen LogP contribution in [-0.4, -0.2) is 21.8 Å².